The summed E-state index contributed by atoms with van der Waals surface area (Å²) < 4.78 is 43.8. The second kappa shape index (κ2) is 7.11. The van der Waals surface area contributed by atoms with Crippen molar-refractivity contribution in [3.8, 4) is 0 Å². The van der Waals surface area contributed by atoms with Crippen LogP contribution >= 0.6 is 0 Å². The van der Waals surface area contributed by atoms with Gasteiger partial charge >= 0.3 is 6.18 Å². The maximum atomic E-state index is 12.8. The van der Waals surface area contributed by atoms with Crippen molar-refractivity contribution in [2.24, 2.45) is 0 Å². The van der Waals surface area contributed by atoms with E-state index in [1.54, 1.807) is 11.0 Å². The van der Waals surface area contributed by atoms with Crippen LogP contribution in [0.25, 0.3) is 0 Å². The molecule has 0 radical (unpaired) electrons. The number of benzene rings is 1. The van der Waals surface area contributed by atoms with Crippen molar-refractivity contribution in [3.63, 3.8) is 0 Å². The van der Waals surface area contributed by atoms with Gasteiger partial charge in [-0.2, -0.15) is 13.2 Å². The summed E-state index contributed by atoms with van der Waals surface area (Å²) in [4.78, 5) is 16.5. The lowest BCUT2D eigenvalue weighted by molar-refractivity contribution is -0.142. The molecule has 0 spiro atoms. The molecule has 0 N–H and O–H groups in total. The zero-order chi connectivity index (χ0) is 17.2. The summed E-state index contributed by atoms with van der Waals surface area (Å²) in [5, 5.41) is 0. The first kappa shape index (κ1) is 17.2. The van der Waals surface area contributed by atoms with Crippen molar-refractivity contribution >= 4 is 5.91 Å². The number of piperidine rings is 1. The summed E-state index contributed by atoms with van der Waals surface area (Å²) in [5.41, 5.74) is -0.157. The van der Waals surface area contributed by atoms with E-state index in [9.17, 15) is 18.0 Å². The van der Waals surface area contributed by atoms with Crippen LogP contribution in [0, 0.1) is 0 Å². The Kier molecular flexibility index (Phi) is 5.10. The molecule has 0 bridgehead atoms. The summed E-state index contributed by atoms with van der Waals surface area (Å²) in [6, 6.07) is 5.05. The van der Waals surface area contributed by atoms with Gasteiger partial charge < -0.3 is 9.64 Å². The van der Waals surface area contributed by atoms with Crippen molar-refractivity contribution < 1.29 is 22.7 Å². The maximum absolute atomic E-state index is 12.8. The highest BCUT2D eigenvalue weighted by Gasteiger charge is 2.34. The summed E-state index contributed by atoms with van der Waals surface area (Å²) in [6.45, 7) is 3.52. The monoisotopic (exact) mass is 342 g/mol. The third-order valence-corrected chi connectivity index (χ3v) is 4.62. The average Bonchev–Trinajstić information content (AvgIpc) is 2.57. The van der Waals surface area contributed by atoms with Crippen LogP contribution in [0.5, 0.6) is 0 Å². The number of halogens is 3. The minimum atomic E-state index is -4.36. The van der Waals surface area contributed by atoms with Gasteiger partial charge in [-0.1, -0.05) is 12.1 Å². The number of carbonyl (C=O) groups excluding carboxylic acids is 1. The topological polar surface area (TPSA) is 32.8 Å². The number of carbonyl (C=O) groups is 1. The molecule has 2 saturated heterocycles. The zero-order valence-electron chi connectivity index (χ0n) is 13.4. The second-order valence-electron chi connectivity index (χ2n) is 6.26. The molecule has 1 aromatic carbocycles. The molecule has 0 aromatic heterocycles. The van der Waals surface area contributed by atoms with Gasteiger partial charge in [0.15, 0.2) is 0 Å². The van der Waals surface area contributed by atoms with E-state index in [0.717, 1.165) is 38.1 Å². The van der Waals surface area contributed by atoms with Crippen LogP contribution in [0.3, 0.4) is 0 Å². The first-order valence-electron chi connectivity index (χ1n) is 8.22. The molecule has 4 nitrogen and oxygen atoms in total. The Balaban J connectivity index is 1.69. The molecule has 0 aliphatic carbocycles. The molecule has 1 aromatic rings. The Morgan fingerprint density at radius 3 is 2.62 bits per heavy atom. The molecule has 2 fully saturated rings. The molecule has 2 heterocycles. The normalized spacial score (nSPS) is 23.5. The molecule has 7 heteroatoms. The third-order valence-electron chi connectivity index (χ3n) is 4.62. The molecule has 2 aliphatic rings. The number of amides is 1. The Bertz CT molecular complexity index is 585. The van der Waals surface area contributed by atoms with Crippen molar-refractivity contribution in [2.75, 3.05) is 32.8 Å². The standard InChI is InChI=1S/C17H21F3N2O2/c18-17(19,20)14-4-1-3-13(11-14)12-22-6-2-5-15(16(22)23)21-7-9-24-10-8-21/h1,3-4,11,15H,2,5-10,12H2. The molecule has 1 amide bonds. The first-order chi connectivity index (χ1) is 11.4. The Hall–Kier alpha value is -1.60. The minimum absolute atomic E-state index is 0.0144. The molecule has 3 rings (SSSR count). The van der Waals surface area contributed by atoms with E-state index in [1.807, 2.05) is 0 Å². The van der Waals surface area contributed by atoms with Crippen molar-refractivity contribution in [3.05, 3.63) is 35.4 Å². The fourth-order valence-corrected chi connectivity index (χ4v) is 3.37. The van der Waals surface area contributed by atoms with Crippen molar-refractivity contribution in [1.29, 1.82) is 0 Å². The number of hydrogen-bond donors (Lipinski definition) is 0. The fourth-order valence-electron chi connectivity index (χ4n) is 3.37. The van der Waals surface area contributed by atoms with E-state index >= 15 is 0 Å². The van der Waals surface area contributed by atoms with Crippen LogP contribution in [-0.4, -0.2) is 54.6 Å². The van der Waals surface area contributed by atoms with Gasteiger partial charge in [0, 0.05) is 26.2 Å². The predicted octanol–water partition coefficient (Wildman–Crippen LogP) is 2.53. The van der Waals surface area contributed by atoms with Crippen LogP contribution in [0.1, 0.15) is 24.0 Å². The highest BCUT2D eigenvalue weighted by molar-refractivity contribution is 5.82. The predicted molar refractivity (Wildman–Crippen MR) is 82.3 cm³/mol. The summed E-state index contributed by atoms with van der Waals surface area (Å²) in [5.74, 6) is 0.0144. The number of hydrogen-bond acceptors (Lipinski definition) is 3. The van der Waals surface area contributed by atoms with E-state index in [0.29, 0.717) is 25.3 Å². The van der Waals surface area contributed by atoms with Gasteiger partial charge in [0.05, 0.1) is 24.8 Å². The lowest BCUT2D eigenvalue weighted by atomic mass is 10.0. The lowest BCUT2D eigenvalue weighted by Crippen LogP contribution is -2.54. The van der Waals surface area contributed by atoms with Gasteiger partial charge in [0.25, 0.3) is 0 Å². The maximum Gasteiger partial charge on any atom is 0.416 e. The average molecular weight is 342 g/mol. The second-order valence-corrected chi connectivity index (χ2v) is 6.26. The van der Waals surface area contributed by atoms with Crippen LogP contribution in [0.15, 0.2) is 24.3 Å². The first-order valence-corrected chi connectivity index (χ1v) is 8.22. The molecule has 1 atom stereocenters. The number of morpholine rings is 1. The molecule has 24 heavy (non-hydrogen) atoms. The largest absolute Gasteiger partial charge is 0.416 e. The van der Waals surface area contributed by atoms with E-state index in [1.165, 1.54) is 6.07 Å². The number of nitrogens with zero attached hydrogens (tertiary/aromatic N) is 2. The van der Waals surface area contributed by atoms with Crippen LogP contribution in [-0.2, 0) is 22.3 Å². The van der Waals surface area contributed by atoms with Crippen LogP contribution in [0.2, 0.25) is 0 Å². The SMILES string of the molecule is O=C1C(N2CCOCC2)CCCN1Cc1cccc(C(F)(F)F)c1. The van der Waals surface area contributed by atoms with Crippen molar-refractivity contribution in [2.45, 2.75) is 31.6 Å². The van der Waals surface area contributed by atoms with E-state index in [2.05, 4.69) is 4.90 Å². The summed E-state index contributed by atoms with van der Waals surface area (Å²) in [7, 11) is 0. The molecule has 1 unspecified atom stereocenters. The summed E-state index contributed by atoms with van der Waals surface area (Å²) >= 11 is 0. The van der Waals surface area contributed by atoms with Gasteiger partial charge in [-0.05, 0) is 30.5 Å². The van der Waals surface area contributed by atoms with Crippen LogP contribution < -0.4 is 0 Å². The van der Waals surface area contributed by atoms with Crippen LogP contribution in [0.4, 0.5) is 13.2 Å². The van der Waals surface area contributed by atoms with Gasteiger partial charge in [0.1, 0.15) is 0 Å². The number of ether oxygens (including phenoxy) is 1. The van der Waals surface area contributed by atoms with Gasteiger partial charge in [-0.3, -0.25) is 9.69 Å². The quantitative estimate of drug-likeness (QED) is 0.846. The number of rotatable bonds is 3. The van der Waals surface area contributed by atoms with E-state index < -0.39 is 11.7 Å². The summed E-state index contributed by atoms with van der Waals surface area (Å²) in [6.07, 6.45) is -2.69. The Labute approximate surface area is 139 Å². The number of likely N-dealkylation sites (tertiary alicyclic amines) is 1. The van der Waals surface area contributed by atoms with Gasteiger partial charge in [0.2, 0.25) is 5.91 Å². The molecule has 132 valence electrons. The lowest BCUT2D eigenvalue weighted by Gasteiger charge is -2.40. The van der Waals surface area contributed by atoms with Gasteiger partial charge in [-0.15, -0.1) is 0 Å². The molecular formula is C17H21F3N2O2. The number of alkyl halides is 3. The molecule has 2 aliphatic heterocycles. The Morgan fingerprint density at radius 1 is 1.17 bits per heavy atom. The Morgan fingerprint density at radius 2 is 1.92 bits per heavy atom. The van der Waals surface area contributed by atoms with Gasteiger partial charge in [-0.25, -0.2) is 0 Å². The van der Waals surface area contributed by atoms with E-state index in [4.69, 9.17) is 4.74 Å². The third kappa shape index (κ3) is 3.89. The zero-order valence-corrected chi connectivity index (χ0v) is 13.4. The van der Waals surface area contributed by atoms with Crippen molar-refractivity contribution in [1.82, 2.24) is 9.80 Å². The highest BCUT2D eigenvalue weighted by Crippen LogP contribution is 2.30. The fraction of sp³-hybridized carbons (Fsp3) is 0.588. The molecule has 0 saturated carbocycles. The minimum Gasteiger partial charge on any atom is -0.379 e. The highest BCUT2D eigenvalue weighted by atomic mass is 19.4. The smallest absolute Gasteiger partial charge is 0.379 e. The van der Waals surface area contributed by atoms with E-state index in [-0.39, 0.29) is 18.5 Å². The molecular weight excluding hydrogens is 321 g/mol.